The standard InChI is InChI=1S/C18H28O2/c1-2-3-5-15-8-10-18(14-19,11-9-15)13-16-6-4-7-17(20)12-16/h4,6-7,12,15,19-20H,2-3,5,8-11,13-14H2,1H3. The number of rotatable bonds is 6. The first-order chi connectivity index (χ1) is 9.67. The Morgan fingerprint density at radius 1 is 1.25 bits per heavy atom. The molecular weight excluding hydrogens is 248 g/mol. The van der Waals surface area contributed by atoms with E-state index in [9.17, 15) is 10.2 Å². The maximum Gasteiger partial charge on any atom is 0.115 e. The van der Waals surface area contributed by atoms with Gasteiger partial charge in [0.25, 0.3) is 0 Å². The molecule has 20 heavy (non-hydrogen) atoms. The Morgan fingerprint density at radius 2 is 2.00 bits per heavy atom. The van der Waals surface area contributed by atoms with Crippen LogP contribution in [0.4, 0.5) is 0 Å². The highest BCUT2D eigenvalue weighted by Crippen LogP contribution is 2.42. The van der Waals surface area contributed by atoms with Crippen LogP contribution in [0.25, 0.3) is 0 Å². The van der Waals surface area contributed by atoms with Crippen LogP contribution in [0.15, 0.2) is 24.3 Å². The van der Waals surface area contributed by atoms with Gasteiger partial charge in [-0.2, -0.15) is 0 Å². The second-order valence-corrected chi connectivity index (χ2v) is 6.59. The molecule has 0 saturated heterocycles. The molecule has 1 fully saturated rings. The fourth-order valence-corrected chi connectivity index (χ4v) is 3.56. The monoisotopic (exact) mass is 276 g/mol. The molecule has 2 heteroatoms. The van der Waals surface area contributed by atoms with Gasteiger partial charge in [0.2, 0.25) is 0 Å². The maximum atomic E-state index is 9.87. The Balaban J connectivity index is 1.94. The minimum atomic E-state index is 0.0382. The Kier molecular flexibility index (Phi) is 5.47. The van der Waals surface area contributed by atoms with Crippen molar-refractivity contribution in [3.8, 4) is 5.75 Å². The molecule has 0 aliphatic heterocycles. The molecule has 0 aromatic heterocycles. The molecule has 0 heterocycles. The summed E-state index contributed by atoms with van der Waals surface area (Å²) in [5.74, 6) is 1.19. The van der Waals surface area contributed by atoms with Crippen molar-refractivity contribution < 1.29 is 10.2 Å². The number of aliphatic hydroxyl groups is 1. The fourth-order valence-electron chi connectivity index (χ4n) is 3.56. The van der Waals surface area contributed by atoms with Crippen LogP contribution in [0.2, 0.25) is 0 Å². The van der Waals surface area contributed by atoms with Gasteiger partial charge in [0, 0.05) is 6.61 Å². The molecular formula is C18H28O2. The Bertz CT molecular complexity index is 406. The van der Waals surface area contributed by atoms with E-state index in [-0.39, 0.29) is 12.0 Å². The largest absolute Gasteiger partial charge is 0.508 e. The van der Waals surface area contributed by atoms with Gasteiger partial charge in [0.15, 0.2) is 0 Å². The third kappa shape index (κ3) is 3.99. The van der Waals surface area contributed by atoms with Gasteiger partial charge >= 0.3 is 0 Å². The minimum absolute atomic E-state index is 0.0382. The molecule has 112 valence electrons. The minimum Gasteiger partial charge on any atom is -0.508 e. The zero-order valence-corrected chi connectivity index (χ0v) is 12.6. The summed E-state index contributed by atoms with van der Waals surface area (Å²) in [6, 6.07) is 7.49. The summed E-state index contributed by atoms with van der Waals surface area (Å²) in [6.45, 7) is 2.52. The van der Waals surface area contributed by atoms with E-state index in [0.717, 1.165) is 30.7 Å². The smallest absolute Gasteiger partial charge is 0.115 e. The van der Waals surface area contributed by atoms with E-state index in [1.165, 1.54) is 32.1 Å². The van der Waals surface area contributed by atoms with Crippen LogP contribution >= 0.6 is 0 Å². The third-order valence-electron chi connectivity index (χ3n) is 4.96. The first-order valence-corrected chi connectivity index (χ1v) is 8.06. The molecule has 0 atom stereocenters. The lowest BCUT2D eigenvalue weighted by Crippen LogP contribution is -2.33. The number of aliphatic hydroxyl groups excluding tert-OH is 1. The van der Waals surface area contributed by atoms with Crippen molar-refractivity contribution in [2.45, 2.75) is 58.3 Å². The molecule has 0 bridgehead atoms. The molecule has 0 unspecified atom stereocenters. The van der Waals surface area contributed by atoms with E-state index in [2.05, 4.69) is 13.0 Å². The van der Waals surface area contributed by atoms with Gasteiger partial charge in [-0.25, -0.2) is 0 Å². The quantitative estimate of drug-likeness (QED) is 0.813. The normalized spacial score (nSPS) is 26.6. The topological polar surface area (TPSA) is 40.5 Å². The van der Waals surface area contributed by atoms with Gasteiger partial charge in [0.1, 0.15) is 5.75 Å². The van der Waals surface area contributed by atoms with Gasteiger partial charge in [-0.1, -0.05) is 38.3 Å². The lowest BCUT2D eigenvalue weighted by molar-refractivity contribution is 0.0620. The van der Waals surface area contributed by atoms with Crippen LogP contribution < -0.4 is 0 Å². The van der Waals surface area contributed by atoms with Crippen LogP contribution in [0, 0.1) is 11.3 Å². The summed E-state index contributed by atoms with van der Waals surface area (Å²) in [6.07, 6.45) is 9.59. The molecule has 2 N–H and O–H groups in total. The van der Waals surface area contributed by atoms with Gasteiger partial charge in [-0.3, -0.25) is 0 Å². The van der Waals surface area contributed by atoms with E-state index >= 15 is 0 Å². The van der Waals surface area contributed by atoms with Crippen LogP contribution in [0.3, 0.4) is 0 Å². The number of aromatic hydroxyl groups is 1. The third-order valence-corrected chi connectivity index (χ3v) is 4.96. The zero-order valence-electron chi connectivity index (χ0n) is 12.6. The highest BCUT2D eigenvalue weighted by molar-refractivity contribution is 5.28. The summed E-state index contributed by atoms with van der Waals surface area (Å²) >= 11 is 0. The van der Waals surface area contributed by atoms with Crippen molar-refractivity contribution in [2.75, 3.05) is 6.61 Å². The summed E-state index contributed by atoms with van der Waals surface area (Å²) in [4.78, 5) is 0. The molecule has 0 amide bonds. The number of hydrogen-bond donors (Lipinski definition) is 2. The van der Waals surface area contributed by atoms with Crippen molar-refractivity contribution in [2.24, 2.45) is 11.3 Å². The first-order valence-electron chi connectivity index (χ1n) is 8.06. The zero-order chi connectivity index (χ0) is 14.4. The van der Waals surface area contributed by atoms with E-state index in [4.69, 9.17) is 0 Å². The predicted molar refractivity (Wildman–Crippen MR) is 82.8 cm³/mol. The number of benzene rings is 1. The van der Waals surface area contributed by atoms with Gasteiger partial charge in [-0.05, 0) is 61.1 Å². The number of phenolic OH excluding ortho intramolecular Hbond substituents is 1. The average molecular weight is 276 g/mol. The van der Waals surface area contributed by atoms with E-state index in [1.807, 2.05) is 12.1 Å². The Hall–Kier alpha value is -1.02. The van der Waals surface area contributed by atoms with E-state index in [0.29, 0.717) is 5.75 Å². The lowest BCUT2D eigenvalue weighted by atomic mass is 9.67. The fraction of sp³-hybridized carbons (Fsp3) is 0.667. The SMILES string of the molecule is CCCCC1CCC(CO)(Cc2cccc(O)c2)CC1. The molecule has 0 radical (unpaired) electrons. The highest BCUT2D eigenvalue weighted by atomic mass is 16.3. The number of hydrogen-bond acceptors (Lipinski definition) is 2. The Labute approximate surface area is 122 Å². The van der Waals surface area contributed by atoms with Crippen LogP contribution in [-0.2, 0) is 6.42 Å². The molecule has 2 rings (SSSR count). The molecule has 1 aromatic carbocycles. The summed E-state index contributed by atoms with van der Waals surface area (Å²) in [7, 11) is 0. The average Bonchev–Trinajstić information content (AvgIpc) is 2.47. The summed E-state index contributed by atoms with van der Waals surface area (Å²) in [5.41, 5.74) is 1.18. The number of phenols is 1. The molecule has 0 spiro atoms. The van der Waals surface area contributed by atoms with E-state index in [1.54, 1.807) is 6.07 Å². The molecule has 1 saturated carbocycles. The molecule has 1 aliphatic carbocycles. The highest BCUT2D eigenvalue weighted by Gasteiger charge is 2.34. The molecule has 2 nitrogen and oxygen atoms in total. The van der Waals surface area contributed by atoms with Crippen molar-refractivity contribution >= 4 is 0 Å². The van der Waals surface area contributed by atoms with Crippen LogP contribution in [0.5, 0.6) is 5.75 Å². The van der Waals surface area contributed by atoms with Gasteiger partial charge in [0.05, 0.1) is 0 Å². The Morgan fingerprint density at radius 3 is 2.60 bits per heavy atom. The van der Waals surface area contributed by atoms with Crippen molar-refractivity contribution in [3.63, 3.8) is 0 Å². The summed E-state index contributed by atoms with van der Waals surface area (Å²) in [5, 5.41) is 19.4. The van der Waals surface area contributed by atoms with Gasteiger partial charge < -0.3 is 10.2 Å². The second kappa shape index (κ2) is 7.12. The van der Waals surface area contributed by atoms with Crippen LogP contribution in [0.1, 0.15) is 57.4 Å². The van der Waals surface area contributed by atoms with Crippen LogP contribution in [-0.4, -0.2) is 16.8 Å². The summed E-state index contributed by atoms with van der Waals surface area (Å²) < 4.78 is 0. The lowest BCUT2D eigenvalue weighted by Gasteiger charge is -2.39. The number of unbranched alkanes of at least 4 members (excludes halogenated alkanes) is 1. The molecule has 1 aliphatic rings. The predicted octanol–water partition coefficient (Wildman–Crippen LogP) is 4.29. The molecule has 1 aromatic rings. The van der Waals surface area contributed by atoms with Crippen molar-refractivity contribution in [1.82, 2.24) is 0 Å². The van der Waals surface area contributed by atoms with E-state index < -0.39 is 0 Å². The maximum absolute atomic E-state index is 9.87. The second-order valence-electron chi connectivity index (χ2n) is 6.59. The van der Waals surface area contributed by atoms with Gasteiger partial charge in [-0.15, -0.1) is 0 Å². The van der Waals surface area contributed by atoms with Crippen molar-refractivity contribution in [1.29, 1.82) is 0 Å². The van der Waals surface area contributed by atoms with Crippen molar-refractivity contribution in [3.05, 3.63) is 29.8 Å². The first kappa shape index (κ1) is 15.4.